The highest BCUT2D eigenvalue weighted by Crippen LogP contribution is 2.22. The summed E-state index contributed by atoms with van der Waals surface area (Å²) >= 11 is 0. The Morgan fingerprint density at radius 1 is 1.21 bits per heavy atom. The van der Waals surface area contributed by atoms with Crippen LogP contribution >= 0.6 is 0 Å². The SMILES string of the molecule is C=CCOc1ccc(NC(=O)CCCN(c2ccccc2F)S(C)(=O)=O)cc1. The molecule has 0 saturated carbocycles. The molecule has 0 atom stereocenters. The molecular formula is C20H23FN2O4S. The first-order chi connectivity index (χ1) is 13.3. The maximum Gasteiger partial charge on any atom is 0.232 e. The first-order valence-electron chi connectivity index (χ1n) is 8.67. The predicted octanol–water partition coefficient (Wildman–Crippen LogP) is 3.58. The van der Waals surface area contributed by atoms with E-state index in [2.05, 4.69) is 11.9 Å². The van der Waals surface area contributed by atoms with E-state index < -0.39 is 15.8 Å². The fourth-order valence-corrected chi connectivity index (χ4v) is 3.48. The van der Waals surface area contributed by atoms with Gasteiger partial charge >= 0.3 is 0 Å². The number of nitrogens with zero attached hydrogens (tertiary/aromatic N) is 1. The van der Waals surface area contributed by atoms with E-state index in [1.165, 1.54) is 18.2 Å². The summed E-state index contributed by atoms with van der Waals surface area (Å²) in [5.74, 6) is -0.232. The van der Waals surface area contributed by atoms with Gasteiger partial charge in [-0.3, -0.25) is 9.10 Å². The van der Waals surface area contributed by atoms with Gasteiger partial charge < -0.3 is 10.1 Å². The molecule has 0 aliphatic rings. The van der Waals surface area contributed by atoms with Crippen LogP contribution in [0.1, 0.15) is 12.8 Å². The van der Waals surface area contributed by atoms with E-state index in [0.717, 1.165) is 10.6 Å². The van der Waals surface area contributed by atoms with Crippen LogP contribution in [0.5, 0.6) is 5.75 Å². The molecule has 0 saturated heterocycles. The van der Waals surface area contributed by atoms with Gasteiger partial charge in [0.15, 0.2) is 0 Å². The summed E-state index contributed by atoms with van der Waals surface area (Å²) in [6, 6.07) is 12.5. The zero-order chi connectivity index (χ0) is 20.6. The van der Waals surface area contributed by atoms with Crippen LogP contribution in [0.25, 0.3) is 0 Å². The first-order valence-corrected chi connectivity index (χ1v) is 10.5. The van der Waals surface area contributed by atoms with Crippen molar-refractivity contribution >= 4 is 27.3 Å². The molecule has 0 aliphatic carbocycles. The molecule has 150 valence electrons. The monoisotopic (exact) mass is 406 g/mol. The third-order valence-corrected chi connectivity index (χ3v) is 4.97. The number of carbonyl (C=O) groups excluding carboxylic acids is 1. The Bertz CT molecular complexity index is 914. The van der Waals surface area contributed by atoms with E-state index in [9.17, 15) is 17.6 Å². The van der Waals surface area contributed by atoms with Crippen molar-refractivity contribution in [2.45, 2.75) is 12.8 Å². The zero-order valence-electron chi connectivity index (χ0n) is 15.6. The van der Waals surface area contributed by atoms with Crippen LogP contribution in [0.3, 0.4) is 0 Å². The number of rotatable bonds is 10. The van der Waals surface area contributed by atoms with Crippen molar-refractivity contribution < 1.29 is 22.3 Å². The van der Waals surface area contributed by atoms with Gasteiger partial charge in [0.25, 0.3) is 0 Å². The quantitative estimate of drug-likeness (QED) is 0.612. The van der Waals surface area contributed by atoms with Gasteiger partial charge in [-0.15, -0.1) is 0 Å². The smallest absolute Gasteiger partial charge is 0.232 e. The molecule has 0 aromatic heterocycles. The Kier molecular flexibility index (Phi) is 7.57. The van der Waals surface area contributed by atoms with Crippen molar-refractivity contribution in [2.24, 2.45) is 0 Å². The van der Waals surface area contributed by atoms with Crippen molar-refractivity contribution in [3.8, 4) is 5.75 Å². The topological polar surface area (TPSA) is 75.7 Å². The summed E-state index contributed by atoms with van der Waals surface area (Å²) in [5, 5.41) is 2.73. The lowest BCUT2D eigenvalue weighted by Crippen LogP contribution is -2.32. The first kappa shape index (κ1) is 21.4. The third kappa shape index (κ3) is 6.38. The second-order valence-corrected chi connectivity index (χ2v) is 7.97. The standard InChI is InChI=1S/C20H23FN2O4S/c1-3-15-27-17-12-10-16(11-13-17)22-20(24)9-6-14-23(28(2,25)26)19-8-5-4-7-18(19)21/h3-5,7-8,10-13H,1,6,9,14-15H2,2H3,(H,22,24). The fourth-order valence-electron chi connectivity index (χ4n) is 2.52. The van der Waals surface area contributed by atoms with Crippen LogP contribution in [-0.2, 0) is 14.8 Å². The van der Waals surface area contributed by atoms with Gasteiger partial charge in [0.1, 0.15) is 18.2 Å². The number of nitrogens with one attached hydrogen (secondary N) is 1. The van der Waals surface area contributed by atoms with Crippen molar-refractivity contribution in [2.75, 3.05) is 29.0 Å². The number of ether oxygens (including phenoxy) is 1. The molecule has 1 amide bonds. The lowest BCUT2D eigenvalue weighted by molar-refractivity contribution is -0.116. The Morgan fingerprint density at radius 2 is 1.89 bits per heavy atom. The summed E-state index contributed by atoms with van der Waals surface area (Å²) in [7, 11) is -3.67. The van der Waals surface area contributed by atoms with Crippen molar-refractivity contribution in [1.82, 2.24) is 0 Å². The molecular weight excluding hydrogens is 383 g/mol. The molecule has 0 unspecified atom stereocenters. The Balaban J connectivity index is 1.91. The second kappa shape index (κ2) is 9.89. The number of hydrogen-bond acceptors (Lipinski definition) is 4. The molecule has 28 heavy (non-hydrogen) atoms. The summed E-state index contributed by atoms with van der Waals surface area (Å²) in [5.41, 5.74) is 0.575. The molecule has 6 nitrogen and oxygen atoms in total. The number of sulfonamides is 1. The summed E-state index contributed by atoms with van der Waals surface area (Å²) < 4.78 is 44.3. The predicted molar refractivity (Wildman–Crippen MR) is 109 cm³/mol. The minimum atomic E-state index is -3.67. The lowest BCUT2D eigenvalue weighted by atomic mass is 10.2. The highest BCUT2D eigenvalue weighted by molar-refractivity contribution is 7.92. The normalized spacial score (nSPS) is 10.9. The summed E-state index contributed by atoms with van der Waals surface area (Å²) in [6.07, 6.45) is 2.98. The summed E-state index contributed by atoms with van der Waals surface area (Å²) in [6.45, 7) is 3.96. The minimum Gasteiger partial charge on any atom is -0.490 e. The Labute approximate surface area is 164 Å². The molecule has 0 radical (unpaired) electrons. The van der Waals surface area contributed by atoms with E-state index in [4.69, 9.17) is 4.74 Å². The number of para-hydroxylation sites is 1. The van der Waals surface area contributed by atoms with E-state index in [1.54, 1.807) is 36.4 Å². The van der Waals surface area contributed by atoms with Crippen LogP contribution in [0.2, 0.25) is 0 Å². The summed E-state index contributed by atoms with van der Waals surface area (Å²) in [4.78, 5) is 12.1. The third-order valence-electron chi connectivity index (χ3n) is 3.79. The van der Waals surface area contributed by atoms with Gasteiger partial charge in [-0.1, -0.05) is 24.8 Å². The molecule has 2 aromatic carbocycles. The Hall–Kier alpha value is -2.87. The average molecular weight is 406 g/mol. The average Bonchev–Trinajstić information content (AvgIpc) is 2.64. The van der Waals surface area contributed by atoms with Gasteiger partial charge in [0, 0.05) is 18.7 Å². The molecule has 1 N–H and O–H groups in total. The van der Waals surface area contributed by atoms with Gasteiger partial charge in [0.05, 0.1) is 11.9 Å². The number of amides is 1. The van der Waals surface area contributed by atoms with E-state index in [0.29, 0.717) is 18.0 Å². The van der Waals surface area contributed by atoms with Gasteiger partial charge in [-0.05, 0) is 42.8 Å². The molecule has 0 bridgehead atoms. The van der Waals surface area contributed by atoms with Gasteiger partial charge in [-0.25, -0.2) is 12.8 Å². The molecule has 0 aliphatic heterocycles. The van der Waals surface area contributed by atoms with Gasteiger partial charge in [-0.2, -0.15) is 0 Å². The van der Waals surface area contributed by atoms with E-state index >= 15 is 0 Å². The number of anilines is 2. The van der Waals surface area contributed by atoms with Crippen molar-refractivity contribution in [3.63, 3.8) is 0 Å². The highest BCUT2D eigenvalue weighted by Gasteiger charge is 2.20. The minimum absolute atomic E-state index is 0.00151. The zero-order valence-corrected chi connectivity index (χ0v) is 16.4. The van der Waals surface area contributed by atoms with Crippen LogP contribution in [0.15, 0.2) is 61.2 Å². The maximum atomic E-state index is 14.0. The van der Waals surface area contributed by atoms with Crippen LogP contribution in [-0.4, -0.2) is 33.7 Å². The Morgan fingerprint density at radius 3 is 2.50 bits per heavy atom. The second-order valence-electron chi connectivity index (χ2n) is 6.06. The number of carbonyl (C=O) groups is 1. The number of halogens is 1. The number of hydrogen-bond donors (Lipinski definition) is 1. The molecule has 0 spiro atoms. The van der Waals surface area contributed by atoms with E-state index in [-0.39, 0.29) is 31.0 Å². The van der Waals surface area contributed by atoms with Crippen LogP contribution < -0.4 is 14.4 Å². The molecule has 2 aromatic rings. The van der Waals surface area contributed by atoms with Crippen LogP contribution in [0.4, 0.5) is 15.8 Å². The van der Waals surface area contributed by atoms with E-state index in [1.807, 2.05) is 0 Å². The maximum absolute atomic E-state index is 14.0. The lowest BCUT2D eigenvalue weighted by Gasteiger charge is -2.22. The van der Waals surface area contributed by atoms with Crippen molar-refractivity contribution in [1.29, 1.82) is 0 Å². The van der Waals surface area contributed by atoms with Gasteiger partial charge in [0.2, 0.25) is 15.9 Å². The largest absolute Gasteiger partial charge is 0.490 e. The highest BCUT2D eigenvalue weighted by atomic mass is 32.2. The molecule has 0 fully saturated rings. The molecule has 2 rings (SSSR count). The van der Waals surface area contributed by atoms with Crippen LogP contribution in [0, 0.1) is 5.82 Å². The number of benzene rings is 2. The fraction of sp³-hybridized carbons (Fsp3) is 0.250. The molecule has 8 heteroatoms. The van der Waals surface area contributed by atoms with Crippen molar-refractivity contribution in [3.05, 3.63) is 67.0 Å². The molecule has 0 heterocycles.